The second kappa shape index (κ2) is 4.80. The van der Waals surface area contributed by atoms with Crippen LogP contribution in [0.2, 0.25) is 0 Å². The number of carbonyl (C=O) groups excluding carboxylic acids is 1. The highest BCUT2D eigenvalue weighted by molar-refractivity contribution is 5.95. The molecule has 0 spiro atoms. The van der Waals surface area contributed by atoms with Crippen LogP contribution >= 0.6 is 0 Å². The first kappa shape index (κ1) is 12.6. The number of benzene rings is 1. The number of hydrogen-bond acceptors (Lipinski definition) is 2. The molecular weight excluding hydrogens is 230 g/mol. The minimum absolute atomic E-state index is 0.133. The molecule has 4 nitrogen and oxygen atoms in total. The highest BCUT2D eigenvalue weighted by Crippen LogP contribution is 2.47. The number of hydrogen-bond donors (Lipinski definition) is 2. The standard InChI is InChI=1S/C14H17NO3/c1-2-14(7-8-14)9-15-12(16)10-3-5-11(6-4-10)13(17)18/h3-6H,2,7-9H2,1H3,(H,15,16)(H,17,18). The third-order valence-electron chi connectivity index (χ3n) is 3.73. The third-order valence-corrected chi connectivity index (χ3v) is 3.73. The minimum atomic E-state index is -0.982. The SMILES string of the molecule is CCC1(CNC(=O)c2ccc(C(=O)O)cc2)CC1. The number of rotatable bonds is 5. The van der Waals surface area contributed by atoms with Gasteiger partial charge in [-0.1, -0.05) is 6.92 Å². The highest BCUT2D eigenvalue weighted by Gasteiger charge is 2.40. The molecule has 0 bridgehead atoms. The molecular formula is C14H17NO3. The summed E-state index contributed by atoms with van der Waals surface area (Å²) in [5, 5.41) is 11.7. The monoisotopic (exact) mass is 247 g/mol. The average molecular weight is 247 g/mol. The summed E-state index contributed by atoms with van der Waals surface area (Å²) >= 11 is 0. The van der Waals surface area contributed by atoms with Crippen LogP contribution < -0.4 is 5.32 Å². The molecule has 96 valence electrons. The van der Waals surface area contributed by atoms with Crippen LogP contribution in [0.25, 0.3) is 0 Å². The van der Waals surface area contributed by atoms with Gasteiger partial charge in [0.25, 0.3) is 5.91 Å². The maximum atomic E-state index is 11.9. The summed E-state index contributed by atoms with van der Waals surface area (Å²) in [6.45, 7) is 2.85. The number of aromatic carboxylic acids is 1. The van der Waals surface area contributed by atoms with E-state index in [1.807, 2.05) is 0 Å². The molecule has 1 fully saturated rings. The Morgan fingerprint density at radius 1 is 1.22 bits per heavy atom. The summed E-state index contributed by atoms with van der Waals surface area (Å²) in [7, 11) is 0. The molecule has 1 aliphatic rings. The lowest BCUT2D eigenvalue weighted by Crippen LogP contribution is -2.29. The van der Waals surface area contributed by atoms with Crippen molar-refractivity contribution in [2.24, 2.45) is 5.41 Å². The summed E-state index contributed by atoms with van der Waals surface area (Å²) in [4.78, 5) is 22.5. The second-order valence-corrected chi connectivity index (χ2v) is 4.92. The minimum Gasteiger partial charge on any atom is -0.478 e. The van der Waals surface area contributed by atoms with E-state index in [1.165, 1.54) is 25.0 Å². The van der Waals surface area contributed by atoms with E-state index in [-0.39, 0.29) is 11.5 Å². The van der Waals surface area contributed by atoms with Crippen molar-refractivity contribution in [2.45, 2.75) is 26.2 Å². The molecule has 1 aromatic carbocycles. The summed E-state index contributed by atoms with van der Waals surface area (Å²) in [6, 6.07) is 5.99. The van der Waals surface area contributed by atoms with E-state index in [0.29, 0.717) is 17.5 Å². The van der Waals surface area contributed by atoms with E-state index in [2.05, 4.69) is 12.2 Å². The first-order valence-electron chi connectivity index (χ1n) is 6.18. The van der Waals surface area contributed by atoms with Gasteiger partial charge in [-0.05, 0) is 48.9 Å². The lowest BCUT2D eigenvalue weighted by Gasteiger charge is -2.13. The molecule has 4 heteroatoms. The zero-order valence-corrected chi connectivity index (χ0v) is 10.4. The molecule has 18 heavy (non-hydrogen) atoms. The zero-order valence-electron chi connectivity index (χ0n) is 10.4. The Balaban J connectivity index is 1.94. The Hall–Kier alpha value is -1.84. The lowest BCUT2D eigenvalue weighted by atomic mass is 10.0. The summed E-state index contributed by atoms with van der Waals surface area (Å²) in [6.07, 6.45) is 3.45. The van der Waals surface area contributed by atoms with Crippen molar-refractivity contribution in [3.63, 3.8) is 0 Å². The van der Waals surface area contributed by atoms with E-state index in [1.54, 1.807) is 12.1 Å². The number of carboxylic acid groups (broad SMARTS) is 1. The van der Waals surface area contributed by atoms with Crippen LogP contribution in [0.15, 0.2) is 24.3 Å². The van der Waals surface area contributed by atoms with Crippen LogP contribution in [-0.4, -0.2) is 23.5 Å². The maximum absolute atomic E-state index is 11.9. The van der Waals surface area contributed by atoms with E-state index >= 15 is 0 Å². The van der Waals surface area contributed by atoms with Crippen LogP contribution in [0.1, 0.15) is 46.9 Å². The van der Waals surface area contributed by atoms with Gasteiger partial charge in [-0.2, -0.15) is 0 Å². The molecule has 1 aliphatic carbocycles. The normalized spacial score (nSPS) is 16.1. The fourth-order valence-corrected chi connectivity index (χ4v) is 1.97. The van der Waals surface area contributed by atoms with E-state index in [4.69, 9.17) is 5.11 Å². The lowest BCUT2D eigenvalue weighted by molar-refractivity contribution is 0.0696. The van der Waals surface area contributed by atoms with Crippen molar-refractivity contribution in [1.82, 2.24) is 5.32 Å². The molecule has 0 heterocycles. The molecule has 2 rings (SSSR count). The van der Waals surface area contributed by atoms with Crippen molar-refractivity contribution in [2.75, 3.05) is 6.54 Å². The Bertz CT molecular complexity index is 460. The van der Waals surface area contributed by atoms with Gasteiger partial charge in [0, 0.05) is 12.1 Å². The quantitative estimate of drug-likeness (QED) is 0.839. The molecule has 0 radical (unpaired) electrons. The fourth-order valence-electron chi connectivity index (χ4n) is 1.97. The predicted octanol–water partition coefficient (Wildman–Crippen LogP) is 2.30. The zero-order chi connectivity index (χ0) is 13.2. The van der Waals surface area contributed by atoms with Gasteiger partial charge in [0.05, 0.1) is 5.56 Å². The van der Waals surface area contributed by atoms with Crippen LogP contribution in [-0.2, 0) is 0 Å². The molecule has 0 aliphatic heterocycles. The number of carbonyl (C=O) groups is 2. The second-order valence-electron chi connectivity index (χ2n) is 4.92. The number of nitrogens with one attached hydrogen (secondary N) is 1. The summed E-state index contributed by atoms with van der Waals surface area (Å²) < 4.78 is 0. The van der Waals surface area contributed by atoms with Gasteiger partial charge >= 0.3 is 5.97 Å². The highest BCUT2D eigenvalue weighted by atomic mass is 16.4. The van der Waals surface area contributed by atoms with E-state index in [9.17, 15) is 9.59 Å². The van der Waals surface area contributed by atoms with E-state index < -0.39 is 5.97 Å². The molecule has 1 amide bonds. The van der Waals surface area contributed by atoms with Crippen LogP contribution in [0.3, 0.4) is 0 Å². The van der Waals surface area contributed by atoms with Crippen molar-refractivity contribution in [1.29, 1.82) is 0 Å². The van der Waals surface area contributed by atoms with E-state index in [0.717, 1.165) is 6.42 Å². The van der Waals surface area contributed by atoms with Gasteiger partial charge in [0.15, 0.2) is 0 Å². The first-order valence-corrected chi connectivity index (χ1v) is 6.18. The smallest absolute Gasteiger partial charge is 0.335 e. The Morgan fingerprint density at radius 2 is 1.78 bits per heavy atom. The molecule has 0 atom stereocenters. The van der Waals surface area contributed by atoms with Gasteiger partial charge in [0.2, 0.25) is 0 Å². The van der Waals surface area contributed by atoms with Crippen molar-refractivity contribution >= 4 is 11.9 Å². The summed E-state index contributed by atoms with van der Waals surface area (Å²) in [5.41, 5.74) is 1.02. The van der Waals surface area contributed by atoms with Gasteiger partial charge in [-0.25, -0.2) is 4.79 Å². The third kappa shape index (κ3) is 2.70. The van der Waals surface area contributed by atoms with Crippen molar-refractivity contribution < 1.29 is 14.7 Å². The fraction of sp³-hybridized carbons (Fsp3) is 0.429. The number of carboxylic acids is 1. The summed E-state index contributed by atoms with van der Waals surface area (Å²) in [5.74, 6) is -1.11. The predicted molar refractivity (Wildman–Crippen MR) is 67.7 cm³/mol. The Morgan fingerprint density at radius 3 is 2.22 bits per heavy atom. The molecule has 2 N–H and O–H groups in total. The molecule has 1 saturated carbocycles. The molecule has 1 aromatic rings. The van der Waals surface area contributed by atoms with Crippen LogP contribution in [0.4, 0.5) is 0 Å². The largest absolute Gasteiger partial charge is 0.478 e. The van der Waals surface area contributed by atoms with Crippen LogP contribution in [0, 0.1) is 5.41 Å². The Kier molecular flexibility index (Phi) is 3.36. The maximum Gasteiger partial charge on any atom is 0.335 e. The molecule has 0 aromatic heterocycles. The van der Waals surface area contributed by atoms with Crippen molar-refractivity contribution in [3.8, 4) is 0 Å². The van der Waals surface area contributed by atoms with Gasteiger partial charge in [-0.3, -0.25) is 4.79 Å². The van der Waals surface area contributed by atoms with Gasteiger partial charge < -0.3 is 10.4 Å². The van der Waals surface area contributed by atoms with Crippen molar-refractivity contribution in [3.05, 3.63) is 35.4 Å². The topological polar surface area (TPSA) is 66.4 Å². The average Bonchev–Trinajstić information content (AvgIpc) is 3.17. The Labute approximate surface area is 106 Å². The molecule has 0 saturated heterocycles. The van der Waals surface area contributed by atoms with Gasteiger partial charge in [-0.15, -0.1) is 0 Å². The number of amides is 1. The van der Waals surface area contributed by atoms with Crippen LogP contribution in [0.5, 0.6) is 0 Å². The first-order chi connectivity index (χ1) is 8.56. The molecule has 0 unspecified atom stereocenters. The van der Waals surface area contributed by atoms with Gasteiger partial charge in [0.1, 0.15) is 0 Å².